The topological polar surface area (TPSA) is 144 Å². The Hall–Kier alpha value is -2.46. The molecule has 3 aromatic heterocycles. The molecule has 0 saturated heterocycles. The number of nitrogens with two attached hydrogens (primary N) is 2. The number of hydrogen-bond donors (Lipinski definition) is 4. The van der Waals surface area contributed by atoms with Gasteiger partial charge in [-0.25, -0.2) is 25.8 Å². The minimum absolute atomic E-state index is 0.132. The number of H-pyrrole nitrogens is 1. The van der Waals surface area contributed by atoms with E-state index in [4.69, 9.17) is 11.6 Å². The Morgan fingerprint density at radius 1 is 1.21 bits per heavy atom. The average molecular weight is 275 g/mol. The maximum atomic E-state index is 5.60. The normalized spacial score (nSPS) is 10.8. The number of aromatic nitrogens is 6. The SMILES string of the molecule is NNc1cc(Sc2ncnc3nc[nH]c23)nc(N)n1. The first-order chi connectivity index (χ1) is 9.26. The third kappa shape index (κ3) is 2.26. The van der Waals surface area contributed by atoms with Gasteiger partial charge in [0.1, 0.15) is 27.7 Å². The van der Waals surface area contributed by atoms with Crippen LogP contribution in [0.15, 0.2) is 28.8 Å². The van der Waals surface area contributed by atoms with Gasteiger partial charge in [-0.2, -0.15) is 4.98 Å². The number of imidazole rings is 1. The van der Waals surface area contributed by atoms with Crippen LogP contribution in [-0.2, 0) is 0 Å². The molecule has 0 aliphatic rings. The second-order valence-corrected chi connectivity index (χ2v) is 4.49. The lowest BCUT2D eigenvalue weighted by Gasteiger charge is -2.04. The molecular weight excluding hydrogens is 266 g/mol. The van der Waals surface area contributed by atoms with Gasteiger partial charge in [0.05, 0.1) is 6.33 Å². The molecule has 0 aromatic carbocycles. The van der Waals surface area contributed by atoms with Gasteiger partial charge in [-0.05, 0) is 11.8 Å². The quantitative estimate of drug-likeness (QED) is 0.298. The fourth-order valence-corrected chi connectivity index (χ4v) is 2.35. The van der Waals surface area contributed by atoms with Crippen molar-refractivity contribution in [3.63, 3.8) is 0 Å². The Labute approximate surface area is 111 Å². The van der Waals surface area contributed by atoms with Crippen LogP contribution in [0.25, 0.3) is 11.2 Å². The highest BCUT2D eigenvalue weighted by Crippen LogP contribution is 2.29. The van der Waals surface area contributed by atoms with Crippen LogP contribution in [0.3, 0.4) is 0 Å². The molecule has 19 heavy (non-hydrogen) atoms. The zero-order chi connectivity index (χ0) is 13.2. The van der Waals surface area contributed by atoms with Gasteiger partial charge >= 0.3 is 0 Å². The minimum atomic E-state index is 0.132. The number of anilines is 2. The Morgan fingerprint density at radius 2 is 2.11 bits per heavy atom. The average Bonchev–Trinajstić information content (AvgIpc) is 2.87. The molecule has 0 saturated carbocycles. The van der Waals surface area contributed by atoms with Crippen molar-refractivity contribution in [2.24, 2.45) is 5.84 Å². The molecule has 0 unspecified atom stereocenters. The molecule has 0 radical (unpaired) electrons. The summed E-state index contributed by atoms with van der Waals surface area (Å²) in [6.07, 6.45) is 3.00. The molecule has 3 aromatic rings. The van der Waals surface area contributed by atoms with Gasteiger partial charge in [0.15, 0.2) is 5.65 Å². The molecule has 0 amide bonds. The van der Waals surface area contributed by atoms with Crippen molar-refractivity contribution < 1.29 is 0 Å². The molecular formula is C9H9N9S. The molecule has 0 fully saturated rings. The molecule has 0 bridgehead atoms. The molecule has 9 nitrogen and oxygen atoms in total. The fourth-order valence-electron chi connectivity index (χ4n) is 1.49. The van der Waals surface area contributed by atoms with E-state index in [1.807, 2.05) is 0 Å². The Bertz CT molecular complexity index is 725. The van der Waals surface area contributed by atoms with Gasteiger partial charge in [-0.3, -0.25) is 0 Å². The molecule has 6 N–H and O–H groups in total. The van der Waals surface area contributed by atoms with Crippen LogP contribution in [-0.4, -0.2) is 29.9 Å². The number of nitrogen functional groups attached to an aromatic ring is 2. The van der Waals surface area contributed by atoms with Crippen molar-refractivity contribution >= 4 is 34.7 Å². The summed E-state index contributed by atoms with van der Waals surface area (Å²) in [5, 5.41) is 1.32. The number of hydrogen-bond acceptors (Lipinski definition) is 9. The Morgan fingerprint density at radius 3 is 2.95 bits per heavy atom. The number of nitrogens with zero attached hydrogens (tertiary/aromatic N) is 5. The van der Waals surface area contributed by atoms with E-state index in [0.29, 0.717) is 21.5 Å². The minimum Gasteiger partial charge on any atom is -0.368 e. The van der Waals surface area contributed by atoms with Gasteiger partial charge in [0.2, 0.25) is 5.95 Å². The standard InChI is InChI=1S/C9H9N9S/c10-9-16-4(18-11)1-5(17-9)19-8-6-7(13-2-12-6)14-3-15-8/h1-3H,11H2,(H3,10,16,17,18)(H,12,13,14,15). The summed E-state index contributed by atoms with van der Waals surface area (Å²) in [7, 11) is 0. The molecule has 3 rings (SSSR count). The lowest BCUT2D eigenvalue weighted by atomic mass is 10.6. The molecule has 10 heteroatoms. The number of rotatable bonds is 3. The molecule has 0 spiro atoms. The fraction of sp³-hybridized carbons (Fsp3) is 0. The molecule has 0 atom stereocenters. The highest BCUT2D eigenvalue weighted by Gasteiger charge is 2.10. The van der Waals surface area contributed by atoms with Crippen LogP contribution in [0.4, 0.5) is 11.8 Å². The van der Waals surface area contributed by atoms with E-state index in [0.717, 1.165) is 5.52 Å². The summed E-state index contributed by atoms with van der Waals surface area (Å²) in [5.74, 6) is 5.88. The van der Waals surface area contributed by atoms with E-state index in [1.54, 1.807) is 12.4 Å². The predicted molar refractivity (Wildman–Crippen MR) is 70.1 cm³/mol. The molecule has 0 aliphatic carbocycles. The zero-order valence-corrected chi connectivity index (χ0v) is 10.3. The van der Waals surface area contributed by atoms with E-state index in [1.165, 1.54) is 18.1 Å². The summed E-state index contributed by atoms with van der Waals surface area (Å²) in [4.78, 5) is 23.3. The van der Waals surface area contributed by atoms with Crippen LogP contribution in [0, 0.1) is 0 Å². The van der Waals surface area contributed by atoms with Gasteiger partial charge in [-0.1, -0.05) is 0 Å². The van der Waals surface area contributed by atoms with Crippen LogP contribution < -0.4 is 17.0 Å². The Balaban J connectivity index is 2.01. The maximum Gasteiger partial charge on any atom is 0.223 e. The maximum absolute atomic E-state index is 5.60. The Kier molecular flexibility index (Phi) is 2.85. The first-order valence-corrected chi connectivity index (χ1v) is 6.01. The van der Waals surface area contributed by atoms with Gasteiger partial charge < -0.3 is 16.1 Å². The summed E-state index contributed by atoms with van der Waals surface area (Å²) >= 11 is 1.32. The summed E-state index contributed by atoms with van der Waals surface area (Å²) in [6.45, 7) is 0. The first kappa shape index (κ1) is 11.6. The number of aromatic amines is 1. The summed E-state index contributed by atoms with van der Waals surface area (Å²) < 4.78 is 0. The smallest absolute Gasteiger partial charge is 0.223 e. The lowest BCUT2D eigenvalue weighted by molar-refractivity contribution is 1.04. The van der Waals surface area contributed by atoms with Crippen LogP contribution in [0.2, 0.25) is 0 Å². The second kappa shape index (κ2) is 4.66. The third-order valence-electron chi connectivity index (χ3n) is 2.26. The van der Waals surface area contributed by atoms with Gasteiger partial charge in [-0.15, -0.1) is 0 Å². The lowest BCUT2D eigenvalue weighted by Crippen LogP contribution is -2.10. The second-order valence-electron chi connectivity index (χ2n) is 3.48. The number of fused-ring (bicyclic) bond motifs is 1. The van der Waals surface area contributed by atoms with Gasteiger partial charge in [0, 0.05) is 6.07 Å². The predicted octanol–water partition coefficient (Wildman–Crippen LogP) is 0.162. The molecule has 3 heterocycles. The number of nitrogens with one attached hydrogen (secondary N) is 2. The highest BCUT2D eigenvalue weighted by molar-refractivity contribution is 7.99. The first-order valence-electron chi connectivity index (χ1n) is 5.19. The van der Waals surface area contributed by atoms with Crippen molar-refractivity contribution in [2.75, 3.05) is 11.2 Å². The summed E-state index contributed by atoms with van der Waals surface area (Å²) in [5.41, 5.74) is 9.36. The van der Waals surface area contributed by atoms with Crippen LogP contribution in [0.1, 0.15) is 0 Å². The van der Waals surface area contributed by atoms with Crippen LogP contribution in [0.5, 0.6) is 0 Å². The van der Waals surface area contributed by atoms with E-state index in [-0.39, 0.29) is 5.95 Å². The number of hydrazine groups is 1. The van der Waals surface area contributed by atoms with E-state index >= 15 is 0 Å². The van der Waals surface area contributed by atoms with E-state index in [2.05, 4.69) is 35.3 Å². The van der Waals surface area contributed by atoms with E-state index < -0.39 is 0 Å². The van der Waals surface area contributed by atoms with Crippen molar-refractivity contribution in [1.82, 2.24) is 29.9 Å². The zero-order valence-electron chi connectivity index (χ0n) is 9.53. The van der Waals surface area contributed by atoms with Crippen LogP contribution >= 0.6 is 11.8 Å². The van der Waals surface area contributed by atoms with Crippen molar-refractivity contribution in [2.45, 2.75) is 10.1 Å². The monoisotopic (exact) mass is 275 g/mol. The van der Waals surface area contributed by atoms with Crippen molar-refractivity contribution in [3.05, 3.63) is 18.7 Å². The van der Waals surface area contributed by atoms with Crippen molar-refractivity contribution in [3.8, 4) is 0 Å². The van der Waals surface area contributed by atoms with E-state index in [9.17, 15) is 0 Å². The molecule has 96 valence electrons. The third-order valence-corrected chi connectivity index (χ3v) is 3.18. The highest BCUT2D eigenvalue weighted by atomic mass is 32.2. The van der Waals surface area contributed by atoms with Crippen molar-refractivity contribution in [1.29, 1.82) is 0 Å². The largest absolute Gasteiger partial charge is 0.368 e. The summed E-state index contributed by atoms with van der Waals surface area (Å²) in [6, 6.07) is 1.67. The van der Waals surface area contributed by atoms with Gasteiger partial charge in [0.25, 0.3) is 0 Å². The molecule has 0 aliphatic heterocycles.